The third-order valence-corrected chi connectivity index (χ3v) is 2.54. The topological polar surface area (TPSA) is 39.2 Å². The van der Waals surface area contributed by atoms with E-state index in [9.17, 15) is 9.18 Å². The molecular weight excluding hydrogens is 233 g/mol. The van der Waals surface area contributed by atoms with Crippen LogP contribution in [0.1, 0.15) is 5.56 Å². The van der Waals surface area contributed by atoms with E-state index >= 15 is 0 Å². The Kier molecular flexibility index (Phi) is 3.67. The summed E-state index contributed by atoms with van der Waals surface area (Å²) in [5.74, 6) is -0.587. The number of carbonyl (C=O) groups excluding carboxylic acids is 1. The molecule has 0 spiro atoms. The van der Waals surface area contributed by atoms with Crippen molar-refractivity contribution in [2.75, 3.05) is 7.11 Å². The van der Waals surface area contributed by atoms with Crippen LogP contribution >= 0.6 is 0 Å². The zero-order chi connectivity index (χ0) is 13.0. The molecule has 92 valence electrons. The van der Waals surface area contributed by atoms with Crippen molar-refractivity contribution in [1.29, 1.82) is 0 Å². The van der Waals surface area contributed by atoms with E-state index in [4.69, 9.17) is 0 Å². The summed E-state index contributed by atoms with van der Waals surface area (Å²) < 4.78 is 17.4. The Morgan fingerprint density at radius 3 is 2.67 bits per heavy atom. The minimum atomic E-state index is -0.300. The summed E-state index contributed by atoms with van der Waals surface area (Å²) in [5.41, 5.74) is 2.33. The second-order valence-corrected chi connectivity index (χ2v) is 3.81. The minimum absolute atomic E-state index is 0.202. The van der Waals surface area contributed by atoms with Crippen LogP contribution < -0.4 is 0 Å². The summed E-state index contributed by atoms with van der Waals surface area (Å²) >= 11 is 0. The number of esters is 1. The average Bonchev–Trinajstić information content (AvgIpc) is 2.40. The van der Waals surface area contributed by atoms with Crippen molar-refractivity contribution in [3.63, 3.8) is 0 Å². The second kappa shape index (κ2) is 5.40. The molecule has 1 heterocycles. The highest BCUT2D eigenvalue weighted by atomic mass is 19.1. The van der Waals surface area contributed by atoms with Gasteiger partial charge in [-0.1, -0.05) is 0 Å². The number of aromatic nitrogens is 1. The Morgan fingerprint density at radius 1 is 1.28 bits per heavy atom. The lowest BCUT2D eigenvalue weighted by molar-refractivity contribution is -0.139. The molecule has 0 aliphatic carbocycles. The van der Waals surface area contributed by atoms with Crippen LogP contribution in [0, 0.1) is 5.82 Å². The molecule has 1 aromatic heterocycles. The van der Waals surface area contributed by atoms with Gasteiger partial charge in [0.15, 0.2) is 0 Å². The van der Waals surface area contributed by atoms with Crippen molar-refractivity contribution in [2.45, 2.75) is 6.42 Å². The van der Waals surface area contributed by atoms with E-state index in [1.807, 2.05) is 0 Å². The predicted octanol–water partition coefficient (Wildman–Crippen LogP) is 2.60. The molecule has 0 saturated carbocycles. The van der Waals surface area contributed by atoms with E-state index in [2.05, 4.69) is 9.72 Å². The van der Waals surface area contributed by atoms with E-state index < -0.39 is 0 Å². The van der Waals surface area contributed by atoms with Crippen molar-refractivity contribution in [3.8, 4) is 11.3 Å². The molecule has 0 N–H and O–H groups in total. The highest BCUT2D eigenvalue weighted by Crippen LogP contribution is 2.18. The summed E-state index contributed by atoms with van der Waals surface area (Å²) in [6.07, 6.45) is 1.82. The smallest absolute Gasteiger partial charge is 0.309 e. The lowest BCUT2D eigenvalue weighted by Gasteiger charge is -2.04. The van der Waals surface area contributed by atoms with Gasteiger partial charge in [0.25, 0.3) is 0 Å². The highest BCUT2D eigenvalue weighted by Gasteiger charge is 2.05. The van der Waals surface area contributed by atoms with Gasteiger partial charge in [0.05, 0.1) is 19.2 Å². The van der Waals surface area contributed by atoms with E-state index in [0.29, 0.717) is 5.69 Å². The Bertz CT molecular complexity index is 552. The van der Waals surface area contributed by atoms with Gasteiger partial charge in [0, 0.05) is 11.8 Å². The fourth-order valence-corrected chi connectivity index (χ4v) is 1.60. The second-order valence-electron chi connectivity index (χ2n) is 3.81. The number of hydrogen-bond acceptors (Lipinski definition) is 3. The molecule has 0 aliphatic heterocycles. The molecule has 0 bridgehead atoms. The molecule has 0 aliphatic rings. The maximum atomic E-state index is 12.8. The molecule has 0 atom stereocenters. The number of carbonyl (C=O) groups is 1. The molecule has 0 fully saturated rings. The standard InChI is InChI=1S/C14H12FNO2/c1-18-14(17)9-10-6-7-16-13(8-10)11-2-4-12(15)5-3-11/h2-8H,9H2,1H3. The molecule has 0 radical (unpaired) electrons. The lowest BCUT2D eigenvalue weighted by atomic mass is 10.1. The Labute approximate surface area is 104 Å². The molecule has 1 aromatic carbocycles. The van der Waals surface area contributed by atoms with Crippen molar-refractivity contribution in [3.05, 3.63) is 54.0 Å². The fourth-order valence-electron chi connectivity index (χ4n) is 1.60. The van der Waals surface area contributed by atoms with Crippen LogP contribution in [0.3, 0.4) is 0 Å². The number of nitrogens with zero attached hydrogens (tertiary/aromatic N) is 1. The molecule has 4 heteroatoms. The zero-order valence-corrected chi connectivity index (χ0v) is 9.89. The number of benzene rings is 1. The van der Waals surface area contributed by atoms with E-state index in [1.165, 1.54) is 19.2 Å². The fraction of sp³-hybridized carbons (Fsp3) is 0.143. The first-order valence-electron chi connectivity index (χ1n) is 5.47. The molecule has 18 heavy (non-hydrogen) atoms. The molecule has 0 saturated heterocycles. The third kappa shape index (κ3) is 2.91. The molecule has 2 rings (SSSR count). The first-order chi connectivity index (χ1) is 8.69. The number of methoxy groups -OCH3 is 1. The van der Waals surface area contributed by atoms with Gasteiger partial charge in [0.1, 0.15) is 5.82 Å². The Balaban J connectivity index is 2.26. The van der Waals surface area contributed by atoms with E-state index in [1.54, 1.807) is 30.5 Å². The minimum Gasteiger partial charge on any atom is -0.469 e. The lowest BCUT2D eigenvalue weighted by Crippen LogP contribution is -2.04. The molecular formula is C14H12FNO2. The van der Waals surface area contributed by atoms with Crippen LogP contribution in [0.2, 0.25) is 0 Å². The quantitative estimate of drug-likeness (QED) is 0.780. The van der Waals surface area contributed by atoms with Crippen LogP contribution in [-0.2, 0) is 16.0 Å². The van der Waals surface area contributed by atoms with Gasteiger partial charge in [0.2, 0.25) is 0 Å². The highest BCUT2D eigenvalue weighted by molar-refractivity contribution is 5.73. The number of ether oxygens (including phenoxy) is 1. The zero-order valence-electron chi connectivity index (χ0n) is 9.89. The number of pyridine rings is 1. The van der Waals surface area contributed by atoms with Gasteiger partial charge in [-0.3, -0.25) is 9.78 Å². The molecule has 3 nitrogen and oxygen atoms in total. The predicted molar refractivity (Wildman–Crippen MR) is 65.4 cm³/mol. The average molecular weight is 245 g/mol. The Hall–Kier alpha value is -2.23. The SMILES string of the molecule is COC(=O)Cc1ccnc(-c2ccc(F)cc2)c1. The van der Waals surface area contributed by atoms with Crippen molar-refractivity contribution < 1.29 is 13.9 Å². The molecule has 0 amide bonds. The summed E-state index contributed by atoms with van der Waals surface area (Å²) in [4.78, 5) is 15.4. The van der Waals surface area contributed by atoms with Crippen LogP contribution in [0.4, 0.5) is 4.39 Å². The van der Waals surface area contributed by atoms with Gasteiger partial charge in [-0.15, -0.1) is 0 Å². The number of halogens is 1. The third-order valence-electron chi connectivity index (χ3n) is 2.54. The van der Waals surface area contributed by atoms with Gasteiger partial charge in [-0.05, 0) is 42.0 Å². The van der Waals surface area contributed by atoms with Gasteiger partial charge < -0.3 is 4.74 Å². The summed E-state index contributed by atoms with van der Waals surface area (Å²) in [6, 6.07) is 9.61. The molecule has 2 aromatic rings. The maximum absolute atomic E-state index is 12.8. The van der Waals surface area contributed by atoms with Crippen LogP contribution in [0.15, 0.2) is 42.6 Å². The van der Waals surface area contributed by atoms with Crippen molar-refractivity contribution >= 4 is 5.97 Å². The largest absolute Gasteiger partial charge is 0.469 e. The first kappa shape index (κ1) is 12.2. The van der Waals surface area contributed by atoms with Gasteiger partial charge >= 0.3 is 5.97 Å². The van der Waals surface area contributed by atoms with E-state index in [-0.39, 0.29) is 18.2 Å². The van der Waals surface area contributed by atoms with Gasteiger partial charge in [-0.25, -0.2) is 4.39 Å². The van der Waals surface area contributed by atoms with Crippen molar-refractivity contribution in [1.82, 2.24) is 4.98 Å². The molecule has 0 unspecified atom stereocenters. The number of rotatable bonds is 3. The Morgan fingerprint density at radius 2 is 2.00 bits per heavy atom. The number of hydrogen-bond donors (Lipinski definition) is 0. The van der Waals surface area contributed by atoms with Crippen LogP contribution in [0.5, 0.6) is 0 Å². The van der Waals surface area contributed by atoms with E-state index in [0.717, 1.165) is 11.1 Å². The summed E-state index contributed by atoms with van der Waals surface area (Å²) in [6.45, 7) is 0. The van der Waals surface area contributed by atoms with Crippen LogP contribution in [-0.4, -0.2) is 18.1 Å². The first-order valence-corrected chi connectivity index (χ1v) is 5.47. The van der Waals surface area contributed by atoms with Crippen LogP contribution in [0.25, 0.3) is 11.3 Å². The summed E-state index contributed by atoms with van der Waals surface area (Å²) in [5, 5.41) is 0. The monoisotopic (exact) mass is 245 g/mol. The maximum Gasteiger partial charge on any atom is 0.309 e. The van der Waals surface area contributed by atoms with Gasteiger partial charge in [-0.2, -0.15) is 0 Å². The summed E-state index contributed by atoms with van der Waals surface area (Å²) in [7, 11) is 1.35. The normalized spacial score (nSPS) is 10.1. The van der Waals surface area contributed by atoms with Crippen molar-refractivity contribution in [2.24, 2.45) is 0 Å².